The van der Waals surface area contributed by atoms with Crippen molar-refractivity contribution in [3.05, 3.63) is 46.8 Å². The molecule has 22 heavy (non-hydrogen) atoms. The molecule has 0 saturated heterocycles. The normalized spacial score (nSPS) is 13.6. The van der Waals surface area contributed by atoms with Crippen molar-refractivity contribution in [1.82, 2.24) is 10.1 Å². The number of hydrogen-bond donors (Lipinski definition) is 1. The van der Waals surface area contributed by atoms with E-state index in [4.69, 9.17) is 4.52 Å². The van der Waals surface area contributed by atoms with Gasteiger partial charge < -0.3 is 14.7 Å². The minimum absolute atomic E-state index is 0.0769. The first-order valence-electron chi connectivity index (χ1n) is 7.15. The maximum Gasteiger partial charge on any atom is 0.254 e. The number of nitrogens with one attached hydrogen (secondary N) is 1. The standard InChI is InChI=1S/C16H17N3O3/c1-10-14-6-7-19(9-15(14)22-18-10)16(21)12-4-3-5-13(8-12)17-11(2)20/h3-5,8H,6-7,9H2,1-2H3,(H,17,20). The second-order valence-corrected chi connectivity index (χ2v) is 5.41. The minimum Gasteiger partial charge on any atom is -0.359 e. The summed E-state index contributed by atoms with van der Waals surface area (Å²) in [6.07, 6.45) is 0.752. The lowest BCUT2D eigenvalue weighted by molar-refractivity contribution is -0.114. The van der Waals surface area contributed by atoms with Crippen molar-refractivity contribution in [1.29, 1.82) is 0 Å². The highest BCUT2D eigenvalue weighted by molar-refractivity contribution is 5.96. The Morgan fingerprint density at radius 3 is 2.95 bits per heavy atom. The minimum atomic E-state index is -0.163. The topological polar surface area (TPSA) is 75.4 Å². The average molecular weight is 299 g/mol. The number of carbonyl (C=O) groups excluding carboxylic acids is 2. The zero-order valence-electron chi connectivity index (χ0n) is 12.5. The van der Waals surface area contributed by atoms with Crippen molar-refractivity contribution in [3.8, 4) is 0 Å². The maximum absolute atomic E-state index is 12.6. The molecule has 2 heterocycles. The zero-order valence-corrected chi connectivity index (χ0v) is 12.5. The van der Waals surface area contributed by atoms with Crippen LogP contribution in [0.25, 0.3) is 0 Å². The molecule has 1 N–H and O–H groups in total. The molecule has 1 aliphatic heterocycles. The number of aromatic nitrogens is 1. The number of amides is 2. The summed E-state index contributed by atoms with van der Waals surface area (Å²) >= 11 is 0. The monoisotopic (exact) mass is 299 g/mol. The third-order valence-corrected chi connectivity index (χ3v) is 3.75. The van der Waals surface area contributed by atoms with E-state index in [1.54, 1.807) is 29.2 Å². The second-order valence-electron chi connectivity index (χ2n) is 5.41. The molecule has 114 valence electrons. The number of hydrogen-bond acceptors (Lipinski definition) is 4. The van der Waals surface area contributed by atoms with Crippen molar-refractivity contribution in [2.24, 2.45) is 0 Å². The van der Waals surface area contributed by atoms with Crippen LogP contribution in [-0.4, -0.2) is 28.4 Å². The molecular formula is C16H17N3O3. The molecule has 2 amide bonds. The van der Waals surface area contributed by atoms with Crippen LogP contribution in [0, 0.1) is 6.92 Å². The Morgan fingerprint density at radius 1 is 1.36 bits per heavy atom. The number of nitrogens with zero attached hydrogens (tertiary/aromatic N) is 2. The highest BCUT2D eigenvalue weighted by Gasteiger charge is 2.26. The Bertz CT molecular complexity index is 736. The lowest BCUT2D eigenvalue weighted by Crippen LogP contribution is -2.35. The predicted molar refractivity (Wildman–Crippen MR) is 80.4 cm³/mol. The Balaban J connectivity index is 1.79. The molecule has 6 nitrogen and oxygen atoms in total. The summed E-state index contributed by atoms with van der Waals surface area (Å²) in [5.41, 5.74) is 3.17. The summed E-state index contributed by atoms with van der Waals surface area (Å²) in [6.45, 7) is 4.42. The summed E-state index contributed by atoms with van der Waals surface area (Å²) in [7, 11) is 0. The number of anilines is 1. The van der Waals surface area contributed by atoms with Gasteiger partial charge in [-0.3, -0.25) is 9.59 Å². The molecule has 0 bridgehead atoms. The van der Waals surface area contributed by atoms with Gasteiger partial charge in [0.1, 0.15) is 0 Å². The Hall–Kier alpha value is -2.63. The van der Waals surface area contributed by atoms with Gasteiger partial charge in [0.2, 0.25) is 5.91 Å². The van der Waals surface area contributed by atoms with E-state index in [9.17, 15) is 9.59 Å². The zero-order chi connectivity index (χ0) is 15.7. The van der Waals surface area contributed by atoms with Crippen LogP contribution < -0.4 is 5.32 Å². The number of rotatable bonds is 2. The van der Waals surface area contributed by atoms with Gasteiger partial charge in [-0.15, -0.1) is 0 Å². The maximum atomic E-state index is 12.6. The second kappa shape index (κ2) is 5.63. The van der Waals surface area contributed by atoms with Gasteiger partial charge in [-0.1, -0.05) is 11.2 Å². The molecule has 3 rings (SSSR count). The number of aryl methyl sites for hydroxylation is 1. The highest BCUT2D eigenvalue weighted by atomic mass is 16.5. The quantitative estimate of drug-likeness (QED) is 0.922. The Morgan fingerprint density at radius 2 is 2.18 bits per heavy atom. The van der Waals surface area contributed by atoms with Crippen molar-refractivity contribution >= 4 is 17.5 Å². The first-order valence-corrected chi connectivity index (χ1v) is 7.15. The molecule has 0 spiro atoms. The highest BCUT2D eigenvalue weighted by Crippen LogP contribution is 2.23. The van der Waals surface area contributed by atoms with Crippen molar-refractivity contribution < 1.29 is 14.1 Å². The fourth-order valence-corrected chi connectivity index (χ4v) is 2.67. The summed E-state index contributed by atoms with van der Waals surface area (Å²) in [6, 6.07) is 6.94. The van der Waals surface area contributed by atoms with E-state index in [0.29, 0.717) is 24.3 Å². The van der Waals surface area contributed by atoms with E-state index in [1.165, 1.54) is 6.92 Å². The first kappa shape index (κ1) is 14.3. The van der Waals surface area contributed by atoms with E-state index < -0.39 is 0 Å². The molecule has 1 aliphatic rings. The van der Waals surface area contributed by atoms with Gasteiger partial charge in [0.25, 0.3) is 5.91 Å². The summed E-state index contributed by atoms with van der Waals surface area (Å²) < 4.78 is 5.28. The van der Waals surface area contributed by atoms with Crippen LogP contribution in [0.5, 0.6) is 0 Å². The molecule has 0 saturated carbocycles. The van der Waals surface area contributed by atoms with E-state index in [2.05, 4.69) is 10.5 Å². The van der Waals surface area contributed by atoms with E-state index in [-0.39, 0.29) is 11.8 Å². The smallest absolute Gasteiger partial charge is 0.254 e. The van der Waals surface area contributed by atoms with Crippen LogP contribution in [0.1, 0.15) is 34.3 Å². The molecule has 0 unspecified atom stereocenters. The Labute approximate surface area is 128 Å². The van der Waals surface area contributed by atoms with Crippen LogP contribution in [0.2, 0.25) is 0 Å². The summed E-state index contributed by atoms with van der Waals surface area (Å²) in [5.74, 6) is 0.520. The Kier molecular flexibility index (Phi) is 3.66. The number of benzene rings is 1. The van der Waals surface area contributed by atoms with Gasteiger partial charge in [0.05, 0.1) is 12.2 Å². The molecular weight excluding hydrogens is 282 g/mol. The summed E-state index contributed by atoms with van der Waals surface area (Å²) in [4.78, 5) is 25.5. The molecule has 1 aromatic heterocycles. The van der Waals surface area contributed by atoms with Gasteiger partial charge >= 0.3 is 0 Å². The molecule has 2 aromatic rings. The van der Waals surface area contributed by atoms with E-state index in [1.807, 2.05) is 6.92 Å². The molecule has 0 atom stereocenters. The predicted octanol–water partition coefficient (Wildman–Crippen LogP) is 2.14. The van der Waals surface area contributed by atoms with Crippen LogP contribution in [0.4, 0.5) is 5.69 Å². The largest absolute Gasteiger partial charge is 0.359 e. The van der Waals surface area contributed by atoms with Crippen molar-refractivity contribution in [2.45, 2.75) is 26.8 Å². The van der Waals surface area contributed by atoms with E-state index >= 15 is 0 Å². The van der Waals surface area contributed by atoms with Crippen molar-refractivity contribution in [2.75, 3.05) is 11.9 Å². The molecule has 0 fully saturated rings. The van der Waals surface area contributed by atoms with Crippen LogP contribution in [0.3, 0.4) is 0 Å². The van der Waals surface area contributed by atoms with Crippen LogP contribution >= 0.6 is 0 Å². The first-order chi connectivity index (χ1) is 10.5. The third kappa shape index (κ3) is 2.72. The van der Waals surface area contributed by atoms with Crippen LogP contribution in [-0.2, 0) is 17.8 Å². The van der Waals surface area contributed by atoms with Gasteiger partial charge in [-0.05, 0) is 31.5 Å². The molecule has 0 aliphatic carbocycles. The summed E-state index contributed by atoms with van der Waals surface area (Å²) in [5, 5.41) is 6.63. The fourth-order valence-electron chi connectivity index (χ4n) is 2.67. The number of fused-ring (bicyclic) bond motifs is 1. The molecule has 6 heteroatoms. The van der Waals surface area contributed by atoms with Gasteiger partial charge in [0.15, 0.2) is 5.76 Å². The third-order valence-electron chi connectivity index (χ3n) is 3.75. The van der Waals surface area contributed by atoms with E-state index in [0.717, 1.165) is 23.4 Å². The van der Waals surface area contributed by atoms with Gasteiger partial charge in [-0.25, -0.2) is 0 Å². The lowest BCUT2D eigenvalue weighted by atomic mass is 10.0. The SMILES string of the molecule is CC(=O)Nc1cccc(C(=O)N2CCc3c(C)noc3C2)c1. The molecule has 0 radical (unpaired) electrons. The van der Waals surface area contributed by atoms with Crippen molar-refractivity contribution in [3.63, 3.8) is 0 Å². The fraction of sp³-hybridized carbons (Fsp3) is 0.312. The number of carbonyl (C=O) groups is 2. The lowest BCUT2D eigenvalue weighted by Gasteiger charge is -2.26. The van der Waals surface area contributed by atoms with Gasteiger partial charge in [-0.2, -0.15) is 0 Å². The average Bonchev–Trinajstić information content (AvgIpc) is 2.87. The van der Waals surface area contributed by atoms with Gasteiger partial charge in [0, 0.05) is 30.3 Å². The molecule has 1 aromatic carbocycles. The van der Waals surface area contributed by atoms with Crippen LogP contribution in [0.15, 0.2) is 28.8 Å².